The summed E-state index contributed by atoms with van der Waals surface area (Å²) in [6.45, 7) is 9.53. The van der Waals surface area contributed by atoms with Gasteiger partial charge >= 0.3 is 0 Å². The first kappa shape index (κ1) is 30.2. The molecule has 1 N–H and O–H groups in total. The van der Waals surface area contributed by atoms with E-state index in [2.05, 4.69) is 5.32 Å². The van der Waals surface area contributed by atoms with Gasteiger partial charge in [0.25, 0.3) is 10.0 Å². The molecule has 0 fully saturated rings. The lowest BCUT2D eigenvalue weighted by atomic mass is 10.1. The Hall–Kier alpha value is -3.36. The lowest BCUT2D eigenvalue weighted by Gasteiger charge is -2.32. The van der Waals surface area contributed by atoms with Gasteiger partial charge < -0.3 is 10.2 Å². The van der Waals surface area contributed by atoms with Crippen molar-refractivity contribution in [1.29, 1.82) is 0 Å². The summed E-state index contributed by atoms with van der Waals surface area (Å²) in [4.78, 5) is 28.4. The average molecular weight is 570 g/mol. The number of hydrogen-bond donors (Lipinski definition) is 1. The van der Waals surface area contributed by atoms with Crippen LogP contribution < -0.4 is 9.62 Å². The lowest BCUT2D eigenvalue weighted by Crippen LogP contribution is -2.51. The van der Waals surface area contributed by atoms with Gasteiger partial charge in [-0.25, -0.2) is 8.42 Å². The molecule has 1 atom stereocenters. The number of aryl methyl sites for hydroxylation is 2. The Morgan fingerprint density at radius 2 is 1.51 bits per heavy atom. The summed E-state index contributed by atoms with van der Waals surface area (Å²) >= 11 is 6.00. The first-order valence-corrected chi connectivity index (χ1v) is 14.7. The summed E-state index contributed by atoms with van der Waals surface area (Å²) in [6, 6.07) is 19.7. The molecule has 0 radical (unpaired) electrons. The number of carbonyl (C=O) groups excluding carboxylic acids is 2. The van der Waals surface area contributed by atoms with Crippen molar-refractivity contribution in [2.45, 2.75) is 52.1 Å². The summed E-state index contributed by atoms with van der Waals surface area (Å²) < 4.78 is 28.8. The molecule has 208 valence electrons. The molecule has 0 saturated heterocycles. The van der Waals surface area contributed by atoms with Gasteiger partial charge in [-0.15, -0.1) is 0 Å². The van der Waals surface area contributed by atoms with Crippen molar-refractivity contribution in [1.82, 2.24) is 10.2 Å². The van der Waals surface area contributed by atoms with Crippen LogP contribution in [0.25, 0.3) is 0 Å². The third kappa shape index (κ3) is 7.83. The predicted octanol–water partition coefficient (Wildman–Crippen LogP) is 5.34. The molecule has 3 aromatic carbocycles. The predicted molar refractivity (Wildman–Crippen MR) is 156 cm³/mol. The zero-order valence-electron chi connectivity index (χ0n) is 23.0. The number of hydrogen-bond acceptors (Lipinski definition) is 4. The van der Waals surface area contributed by atoms with Crippen LogP contribution in [0.1, 0.15) is 37.5 Å². The molecule has 0 heterocycles. The molecule has 3 aromatic rings. The van der Waals surface area contributed by atoms with Crippen LogP contribution in [0.3, 0.4) is 0 Å². The molecular formula is C30H36ClN3O4S. The number of benzene rings is 3. The van der Waals surface area contributed by atoms with Crippen molar-refractivity contribution in [3.05, 3.63) is 94.5 Å². The Balaban J connectivity index is 2.02. The highest BCUT2D eigenvalue weighted by Crippen LogP contribution is 2.28. The molecule has 0 spiro atoms. The molecule has 0 unspecified atom stereocenters. The number of rotatable bonds is 11. The molecule has 3 rings (SSSR count). The van der Waals surface area contributed by atoms with E-state index in [9.17, 15) is 18.0 Å². The van der Waals surface area contributed by atoms with Crippen LogP contribution in [-0.4, -0.2) is 44.3 Å². The maximum atomic E-state index is 13.9. The van der Waals surface area contributed by atoms with E-state index in [0.717, 1.165) is 15.4 Å². The minimum absolute atomic E-state index is 0.00997. The fourth-order valence-corrected chi connectivity index (χ4v) is 5.62. The Bertz CT molecular complexity index is 1390. The van der Waals surface area contributed by atoms with Crippen LogP contribution in [-0.2, 0) is 26.2 Å². The van der Waals surface area contributed by atoms with Crippen LogP contribution in [0.5, 0.6) is 0 Å². The number of nitrogens with zero attached hydrogens (tertiary/aromatic N) is 2. The zero-order chi connectivity index (χ0) is 28.7. The SMILES string of the molecule is Cc1ccc(CN(C(=O)CN(c2ccccc2C)S(=O)(=O)c2ccc(Cl)cc2)[C@H](C)C(=O)NCC(C)C)cc1. The highest BCUT2D eigenvalue weighted by molar-refractivity contribution is 7.92. The van der Waals surface area contributed by atoms with E-state index in [1.54, 1.807) is 38.1 Å². The van der Waals surface area contributed by atoms with E-state index < -0.39 is 28.5 Å². The molecule has 0 aliphatic carbocycles. The van der Waals surface area contributed by atoms with E-state index in [1.165, 1.54) is 29.2 Å². The normalized spacial score (nSPS) is 12.2. The van der Waals surface area contributed by atoms with Crippen LogP contribution in [0.2, 0.25) is 5.02 Å². The standard InChI is InChI=1S/C30H36ClN3O4S/c1-21(2)18-32-30(36)24(5)33(19-25-12-10-22(3)11-13-25)29(35)20-34(28-9-7-6-8-23(28)4)39(37,38)27-16-14-26(31)15-17-27/h6-17,21,24H,18-20H2,1-5H3,(H,32,36)/t24-/m1/s1. The zero-order valence-corrected chi connectivity index (χ0v) is 24.6. The molecule has 0 bridgehead atoms. The number of carbonyl (C=O) groups is 2. The van der Waals surface area contributed by atoms with Crippen molar-refractivity contribution < 1.29 is 18.0 Å². The van der Waals surface area contributed by atoms with Crippen molar-refractivity contribution >= 4 is 39.1 Å². The first-order chi connectivity index (χ1) is 18.4. The second-order valence-electron chi connectivity index (χ2n) is 10.1. The van der Waals surface area contributed by atoms with Crippen molar-refractivity contribution in [2.24, 2.45) is 5.92 Å². The van der Waals surface area contributed by atoms with Crippen molar-refractivity contribution in [3.63, 3.8) is 0 Å². The smallest absolute Gasteiger partial charge is 0.264 e. The fraction of sp³-hybridized carbons (Fsp3) is 0.333. The molecule has 0 aromatic heterocycles. The third-order valence-corrected chi connectivity index (χ3v) is 8.42. The minimum Gasteiger partial charge on any atom is -0.354 e. The van der Waals surface area contributed by atoms with Crippen LogP contribution in [0.4, 0.5) is 5.69 Å². The van der Waals surface area contributed by atoms with Crippen LogP contribution >= 0.6 is 11.6 Å². The lowest BCUT2D eigenvalue weighted by molar-refractivity contribution is -0.139. The second kappa shape index (κ2) is 13.1. The summed E-state index contributed by atoms with van der Waals surface area (Å²) in [5.74, 6) is -0.556. The molecule has 9 heteroatoms. The number of halogens is 1. The molecule has 0 aliphatic heterocycles. The summed E-state index contributed by atoms with van der Waals surface area (Å²) in [7, 11) is -4.14. The third-order valence-electron chi connectivity index (χ3n) is 6.39. The highest BCUT2D eigenvalue weighted by Gasteiger charge is 2.33. The minimum atomic E-state index is -4.14. The Kier molecular flexibility index (Phi) is 10.2. The Morgan fingerprint density at radius 3 is 2.10 bits per heavy atom. The number of nitrogens with one attached hydrogen (secondary N) is 1. The number of sulfonamides is 1. The largest absolute Gasteiger partial charge is 0.354 e. The second-order valence-corrected chi connectivity index (χ2v) is 12.4. The van der Waals surface area contributed by atoms with Gasteiger partial charge in [0.15, 0.2) is 0 Å². The first-order valence-electron chi connectivity index (χ1n) is 12.9. The fourth-order valence-electron chi connectivity index (χ4n) is 4.02. The van der Waals surface area contributed by atoms with E-state index in [1.807, 2.05) is 45.0 Å². The van der Waals surface area contributed by atoms with Crippen LogP contribution in [0, 0.1) is 19.8 Å². The number of para-hydroxylation sites is 1. The highest BCUT2D eigenvalue weighted by atomic mass is 35.5. The molecule has 0 aliphatic rings. The molecule has 0 saturated carbocycles. The van der Waals surface area contributed by atoms with E-state index in [4.69, 9.17) is 11.6 Å². The van der Waals surface area contributed by atoms with E-state index >= 15 is 0 Å². The molecular weight excluding hydrogens is 534 g/mol. The topological polar surface area (TPSA) is 86.8 Å². The molecule has 7 nitrogen and oxygen atoms in total. The van der Waals surface area contributed by atoms with Gasteiger partial charge in [0.2, 0.25) is 11.8 Å². The van der Waals surface area contributed by atoms with Gasteiger partial charge in [0, 0.05) is 18.1 Å². The maximum absolute atomic E-state index is 13.9. The summed E-state index contributed by atoms with van der Waals surface area (Å²) in [6.07, 6.45) is 0. The van der Waals surface area contributed by atoms with Gasteiger partial charge in [-0.2, -0.15) is 0 Å². The number of anilines is 1. The molecule has 2 amide bonds. The van der Waals surface area contributed by atoms with Crippen LogP contribution in [0.15, 0.2) is 77.7 Å². The summed E-state index contributed by atoms with van der Waals surface area (Å²) in [5.41, 5.74) is 2.98. The Labute approximate surface area is 236 Å². The monoisotopic (exact) mass is 569 g/mol. The van der Waals surface area contributed by atoms with Crippen molar-refractivity contribution in [2.75, 3.05) is 17.4 Å². The van der Waals surface area contributed by atoms with E-state index in [-0.39, 0.29) is 23.3 Å². The number of amides is 2. The van der Waals surface area contributed by atoms with Crippen molar-refractivity contribution in [3.8, 4) is 0 Å². The Morgan fingerprint density at radius 1 is 0.897 bits per heavy atom. The average Bonchev–Trinajstić information content (AvgIpc) is 2.90. The summed E-state index contributed by atoms with van der Waals surface area (Å²) in [5, 5.41) is 3.29. The molecule has 39 heavy (non-hydrogen) atoms. The van der Waals surface area contributed by atoms with E-state index in [0.29, 0.717) is 22.8 Å². The van der Waals surface area contributed by atoms with Gasteiger partial charge in [-0.1, -0.05) is 73.5 Å². The van der Waals surface area contributed by atoms with Gasteiger partial charge in [-0.3, -0.25) is 13.9 Å². The quantitative estimate of drug-likeness (QED) is 0.338. The maximum Gasteiger partial charge on any atom is 0.264 e. The van der Waals surface area contributed by atoms with Gasteiger partial charge in [0.1, 0.15) is 12.6 Å². The van der Waals surface area contributed by atoms with Gasteiger partial charge in [-0.05, 0) is 68.1 Å². The van der Waals surface area contributed by atoms with Gasteiger partial charge in [0.05, 0.1) is 10.6 Å².